The number of nitrogens with one attached hydrogen (secondary N) is 2. The van der Waals surface area contributed by atoms with Crippen molar-refractivity contribution in [2.75, 3.05) is 5.32 Å². The lowest BCUT2D eigenvalue weighted by Gasteiger charge is -2.25. The average Bonchev–Trinajstić information content (AvgIpc) is 3.53. The van der Waals surface area contributed by atoms with Gasteiger partial charge in [0.05, 0.1) is 33.7 Å². The molecular weight excluding hydrogens is 530 g/mol. The third kappa shape index (κ3) is 4.76. The van der Waals surface area contributed by atoms with Gasteiger partial charge in [-0.05, 0) is 42.8 Å². The van der Waals surface area contributed by atoms with Crippen LogP contribution in [0.15, 0.2) is 112 Å². The number of anilines is 1. The molecule has 1 amide bonds. The predicted molar refractivity (Wildman–Crippen MR) is 154 cm³/mol. The van der Waals surface area contributed by atoms with Crippen molar-refractivity contribution < 1.29 is 4.79 Å². The Labute approximate surface area is 232 Å². The lowest BCUT2D eigenvalue weighted by atomic mass is 9.95. The quantitative estimate of drug-likeness (QED) is 0.325. The van der Waals surface area contributed by atoms with E-state index in [4.69, 9.17) is 16.6 Å². The third-order valence-corrected chi connectivity index (χ3v) is 7.74. The Balaban J connectivity index is 1.50. The molecule has 192 valence electrons. The number of rotatable bonds is 5. The first-order chi connectivity index (χ1) is 19.0. The van der Waals surface area contributed by atoms with E-state index in [1.165, 1.54) is 11.3 Å². The van der Waals surface area contributed by atoms with E-state index in [0.717, 1.165) is 22.4 Å². The summed E-state index contributed by atoms with van der Waals surface area (Å²) in [7, 11) is 0. The second kappa shape index (κ2) is 10.3. The topological polar surface area (TPSA) is 92.1 Å². The molecule has 39 heavy (non-hydrogen) atoms. The molecule has 9 heteroatoms. The molecule has 0 bridgehead atoms. The molecule has 2 N–H and O–H groups in total. The molecule has 0 saturated carbocycles. The molecule has 0 saturated heterocycles. The van der Waals surface area contributed by atoms with Gasteiger partial charge in [-0.2, -0.15) is 5.10 Å². The SMILES string of the molecule is CC1=C(C(=O)Nc2ccccc2)[C@H](c2ccc(Cl)cc2)n2c(s/c(=C/c3cn[nH]c3-c3ccccc3)c2=O)=N1. The van der Waals surface area contributed by atoms with Gasteiger partial charge in [-0.1, -0.05) is 83.6 Å². The Kier molecular flexibility index (Phi) is 6.56. The van der Waals surface area contributed by atoms with Crippen molar-refractivity contribution in [3.05, 3.63) is 138 Å². The minimum absolute atomic E-state index is 0.239. The zero-order chi connectivity index (χ0) is 26.9. The van der Waals surface area contributed by atoms with Gasteiger partial charge in [0.1, 0.15) is 0 Å². The van der Waals surface area contributed by atoms with Gasteiger partial charge >= 0.3 is 0 Å². The molecular formula is C30H22ClN5O2S. The number of para-hydroxylation sites is 1. The van der Waals surface area contributed by atoms with Gasteiger partial charge in [0.2, 0.25) is 0 Å². The summed E-state index contributed by atoms with van der Waals surface area (Å²) in [5, 5.41) is 10.8. The zero-order valence-electron chi connectivity index (χ0n) is 20.8. The number of halogens is 1. The van der Waals surface area contributed by atoms with Gasteiger partial charge in [-0.25, -0.2) is 4.99 Å². The number of hydrogen-bond donors (Lipinski definition) is 2. The number of aromatic nitrogens is 3. The van der Waals surface area contributed by atoms with E-state index in [9.17, 15) is 9.59 Å². The number of aromatic amines is 1. The van der Waals surface area contributed by atoms with Crippen LogP contribution in [0.2, 0.25) is 5.02 Å². The number of nitrogens with zero attached hydrogens (tertiary/aromatic N) is 3. The molecule has 7 nitrogen and oxygen atoms in total. The molecule has 3 aromatic carbocycles. The lowest BCUT2D eigenvalue weighted by molar-refractivity contribution is -0.113. The van der Waals surface area contributed by atoms with Crippen molar-refractivity contribution in [3.8, 4) is 11.3 Å². The fourth-order valence-corrected chi connectivity index (χ4v) is 5.84. The summed E-state index contributed by atoms with van der Waals surface area (Å²) in [6.07, 6.45) is 3.51. The fourth-order valence-electron chi connectivity index (χ4n) is 4.67. The number of amides is 1. The highest BCUT2D eigenvalue weighted by atomic mass is 35.5. The van der Waals surface area contributed by atoms with Gasteiger partial charge in [-0.3, -0.25) is 19.3 Å². The van der Waals surface area contributed by atoms with Crippen molar-refractivity contribution in [2.45, 2.75) is 13.0 Å². The van der Waals surface area contributed by atoms with E-state index in [0.29, 0.717) is 31.3 Å². The summed E-state index contributed by atoms with van der Waals surface area (Å²) in [4.78, 5) is 32.8. The van der Waals surface area contributed by atoms with E-state index < -0.39 is 6.04 Å². The molecule has 0 radical (unpaired) electrons. The summed E-state index contributed by atoms with van der Waals surface area (Å²) in [5.41, 5.74) is 4.68. The van der Waals surface area contributed by atoms with Crippen LogP contribution in [0.25, 0.3) is 17.3 Å². The van der Waals surface area contributed by atoms with Gasteiger partial charge in [-0.15, -0.1) is 0 Å². The van der Waals surface area contributed by atoms with Gasteiger partial charge in [0.25, 0.3) is 11.5 Å². The number of thiazole rings is 1. The number of fused-ring (bicyclic) bond motifs is 1. The highest BCUT2D eigenvalue weighted by Gasteiger charge is 2.32. The normalized spacial score (nSPS) is 15.1. The second-order valence-corrected chi connectivity index (χ2v) is 10.5. The number of benzene rings is 3. The first kappa shape index (κ1) is 24.8. The van der Waals surface area contributed by atoms with Crippen LogP contribution in [-0.2, 0) is 4.79 Å². The summed E-state index contributed by atoms with van der Waals surface area (Å²) < 4.78 is 2.08. The van der Waals surface area contributed by atoms with Gasteiger partial charge in [0, 0.05) is 21.8 Å². The largest absolute Gasteiger partial charge is 0.322 e. The molecule has 0 aliphatic carbocycles. The molecule has 6 rings (SSSR count). The number of carbonyl (C=O) groups excluding carboxylic acids is 1. The average molecular weight is 552 g/mol. The Bertz CT molecular complexity index is 1890. The van der Waals surface area contributed by atoms with Crippen LogP contribution in [0.3, 0.4) is 0 Å². The molecule has 3 heterocycles. The van der Waals surface area contributed by atoms with Crippen LogP contribution < -0.4 is 20.2 Å². The standard InChI is InChI=1S/C30H22ClN5O2S/c1-18-25(28(37)34-23-10-6-3-7-11-23)27(20-12-14-22(31)15-13-20)36-29(38)24(39-30(36)33-18)16-21-17-32-35-26(21)19-8-4-2-5-9-19/h2-17,27H,1H3,(H,32,35)(H,34,37)/b24-16+/t27-/m0/s1. The molecule has 1 atom stereocenters. The zero-order valence-corrected chi connectivity index (χ0v) is 22.3. The monoisotopic (exact) mass is 551 g/mol. The summed E-state index contributed by atoms with van der Waals surface area (Å²) in [6.45, 7) is 1.80. The number of carbonyl (C=O) groups is 1. The molecule has 5 aromatic rings. The Morgan fingerprint density at radius 1 is 1.03 bits per heavy atom. The summed E-state index contributed by atoms with van der Waals surface area (Å²) >= 11 is 7.46. The van der Waals surface area contributed by atoms with E-state index >= 15 is 0 Å². The van der Waals surface area contributed by atoms with Crippen molar-refractivity contribution in [1.29, 1.82) is 0 Å². The Hall–Kier alpha value is -4.53. The maximum absolute atomic E-state index is 13.9. The highest BCUT2D eigenvalue weighted by molar-refractivity contribution is 7.07. The van der Waals surface area contributed by atoms with Crippen molar-refractivity contribution in [3.63, 3.8) is 0 Å². The maximum Gasteiger partial charge on any atom is 0.271 e. The first-order valence-corrected chi connectivity index (χ1v) is 13.4. The van der Waals surface area contributed by atoms with E-state index in [1.807, 2.05) is 78.9 Å². The van der Waals surface area contributed by atoms with E-state index in [2.05, 4.69) is 15.5 Å². The molecule has 1 aliphatic rings. The Morgan fingerprint density at radius 2 is 1.72 bits per heavy atom. The Morgan fingerprint density at radius 3 is 2.44 bits per heavy atom. The van der Waals surface area contributed by atoms with Crippen molar-refractivity contribution >= 4 is 40.6 Å². The summed E-state index contributed by atoms with van der Waals surface area (Å²) in [6, 6.07) is 25.5. The highest BCUT2D eigenvalue weighted by Crippen LogP contribution is 2.31. The number of H-pyrrole nitrogens is 1. The lowest BCUT2D eigenvalue weighted by Crippen LogP contribution is -2.40. The van der Waals surface area contributed by atoms with Crippen LogP contribution in [0, 0.1) is 0 Å². The van der Waals surface area contributed by atoms with Crippen LogP contribution >= 0.6 is 22.9 Å². The minimum Gasteiger partial charge on any atom is -0.322 e. The fraction of sp³-hybridized carbons (Fsp3) is 0.0667. The van der Waals surface area contributed by atoms with E-state index in [-0.39, 0.29) is 11.5 Å². The van der Waals surface area contributed by atoms with Crippen molar-refractivity contribution in [1.82, 2.24) is 14.8 Å². The van der Waals surface area contributed by atoms with E-state index in [1.54, 1.807) is 29.8 Å². The predicted octanol–water partition coefficient (Wildman–Crippen LogP) is 4.92. The minimum atomic E-state index is -0.678. The van der Waals surface area contributed by atoms with Crippen LogP contribution in [0.1, 0.15) is 24.1 Å². The molecule has 0 unspecified atom stereocenters. The third-order valence-electron chi connectivity index (χ3n) is 6.50. The molecule has 0 spiro atoms. The maximum atomic E-state index is 13.9. The van der Waals surface area contributed by atoms with Crippen molar-refractivity contribution in [2.24, 2.45) is 4.99 Å². The van der Waals surface area contributed by atoms with Gasteiger partial charge in [0.15, 0.2) is 4.80 Å². The van der Waals surface area contributed by atoms with Gasteiger partial charge < -0.3 is 5.32 Å². The molecule has 0 fully saturated rings. The summed E-state index contributed by atoms with van der Waals surface area (Å²) in [5.74, 6) is -0.321. The molecule has 1 aliphatic heterocycles. The number of allylic oxidation sites excluding steroid dienone is 1. The van der Waals surface area contributed by atoms with Crippen LogP contribution in [0.4, 0.5) is 5.69 Å². The van der Waals surface area contributed by atoms with Crippen LogP contribution in [-0.4, -0.2) is 20.7 Å². The first-order valence-electron chi connectivity index (χ1n) is 12.2. The smallest absolute Gasteiger partial charge is 0.271 e. The number of hydrogen-bond acceptors (Lipinski definition) is 5. The van der Waals surface area contributed by atoms with Crippen LogP contribution in [0.5, 0.6) is 0 Å². The molecule has 2 aromatic heterocycles. The second-order valence-electron chi connectivity index (χ2n) is 9.02.